The fourth-order valence-electron chi connectivity index (χ4n) is 2.38. The summed E-state index contributed by atoms with van der Waals surface area (Å²) < 4.78 is 5.38. The van der Waals surface area contributed by atoms with Crippen LogP contribution in [0.4, 0.5) is 10.8 Å². The molecule has 1 atom stereocenters. The van der Waals surface area contributed by atoms with Gasteiger partial charge in [0.05, 0.1) is 23.7 Å². The van der Waals surface area contributed by atoms with Crippen molar-refractivity contribution < 1.29 is 9.21 Å². The largest absolute Gasteiger partial charge is 0.468 e. The lowest BCUT2D eigenvalue weighted by Crippen LogP contribution is -2.23. The fourth-order valence-corrected chi connectivity index (χ4v) is 3.27. The number of benzene rings is 1. The van der Waals surface area contributed by atoms with Gasteiger partial charge < -0.3 is 9.73 Å². The van der Waals surface area contributed by atoms with Gasteiger partial charge in [-0.25, -0.2) is 4.98 Å². The van der Waals surface area contributed by atoms with Gasteiger partial charge in [-0.3, -0.25) is 9.69 Å². The second-order valence-corrected chi connectivity index (χ2v) is 6.27. The van der Waals surface area contributed by atoms with E-state index in [-0.39, 0.29) is 11.9 Å². The molecular weight excluding hydrogens is 322 g/mol. The summed E-state index contributed by atoms with van der Waals surface area (Å²) in [7, 11) is 0. The van der Waals surface area contributed by atoms with Gasteiger partial charge in [0, 0.05) is 18.8 Å². The van der Waals surface area contributed by atoms with Crippen LogP contribution in [-0.2, 0) is 11.3 Å². The Morgan fingerprint density at radius 1 is 1.29 bits per heavy atom. The van der Waals surface area contributed by atoms with E-state index in [9.17, 15) is 4.79 Å². The van der Waals surface area contributed by atoms with Crippen LogP contribution in [0.1, 0.15) is 31.3 Å². The van der Waals surface area contributed by atoms with Crippen molar-refractivity contribution in [3.8, 4) is 0 Å². The molecule has 2 aromatic heterocycles. The molecule has 0 saturated heterocycles. The number of rotatable bonds is 6. The second-order valence-electron chi connectivity index (χ2n) is 5.43. The van der Waals surface area contributed by atoms with Crippen molar-refractivity contribution in [2.75, 3.05) is 4.90 Å². The van der Waals surface area contributed by atoms with E-state index in [1.807, 2.05) is 54.8 Å². The predicted octanol–water partition coefficient (Wildman–Crippen LogP) is 4.27. The summed E-state index contributed by atoms with van der Waals surface area (Å²) in [5, 5.41) is 6.01. The molecule has 0 fully saturated rings. The first-order chi connectivity index (χ1) is 11.6. The molecular formula is C18H19N3O2S. The van der Waals surface area contributed by atoms with Crippen molar-refractivity contribution in [1.29, 1.82) is 0 Å². The van der Waals surface area contributed by atoms with Gasteiger partial charge in [-0.15, -0.1) is 11.3 Å². The summed E-state index contributed by atoms with van der Waals surface area (Å²) in [6.45, 7) is 4.20. The molecule has 0 saturated carbocycles. The van der Waals surface area contributed by atoms with E-state index in [4.69, 9.17) is 4.42 Å². The van der Waals surface area contributed by atoms with Crippen LogP contribution in [0.15, 0.2) is 58.5 Å². The molecule has 24 heavy (non-hydrogen) atoms. The maximum absolute atomic E-state index is 12.0. The maximum Gasteiger partial charge on any atom is 0.230 e. The zero-order valence-electron chi connectivity index (χ0n) is 13.6. The molecule has 5 nitrogen and oxygen atoms in total. The lowest BCUT2D eigenvalue weighted by atomic mass is 10.2. The first-order valence-corrected chi connectivity index (χ1v) is 8.60. The average Bonchev–Trinajstić information content (AvgIpc) is 3.26. The van der Waals surface area contributed by atoms with Crippen LogP contribution in [0.2, 0.25) is 0 Å². The number of hydrogen-bond acceptors (Lipinski definition) is 5. The molecule has 0 aliphatic rings. The number of nitrogens with one attached hydrogen (secondary N) is 1. The molecule has 124 valence electrons. The lowest BCUT2D eigenvalue weighted by molar-refractivity contribution is -0.115. The minimum Gasteiger partial charge on any atom is -0.468 e. The number of nitrogens with zero attached hydrogens (tertiary/aromatic N) is 2. The first kappa shape index (κ1) is 16.4. The monoisotopic (exact) mass is 341 g/mol. The Morgan fingerprint density at radius 2 is 2.08 bits per heavy atom. The first-order valence-electron chi connectivity index (χ1n) is 7.72. The maximum atomic E-state index is 12.0. The predicted molar refractivity (Wildman–Crippen MR) is 95.3 cm³/mol. The van der Waals surface area contributed by atoms with Crippen LogP contribution in [0.5, 0.6) is 0 Å². The molecule has 1 N–H and O–H groups in total. The second kappa shape index (κ2) is 7.42. The molecule has 0 aliphatic carbocycles. The summed E-state index contributed by atoms with van der Waals surface area (Å²) in [5.41, 5.74) is 1.72. The zero-order chi connectivity index (χ0) is 16.9. The molecule has 2 heterocycles. The Hall–Kier alpha value is -2.44. The van der Waals surface area contributed by atoms with E-state index in [1.165, 1.54) is 11.3 Å². The van der Waals surface area contributed by atoms with Crippen LogP contribution in [0, 0.1) is 0 Å². The minimum absolute atomic E-state index is 0.0565. The molecule has 0 aliphatic heterocycles. The van der Waals surface area contributed by atoms with Gasteiger partial charge in [0.2, 0.25) is 5.91 Å². The van der Waals surface area contributed by atoms with Crippen molar-refractivity contribution in [1.82, 2.24) is 10.3 Å². The van der Waals surface area contributed by atoms with Crippen LogP contribution in [0.25, 0.3) is 0 Å². The Kier molecular flexibility index (Phi) is 5.08. The number of hydrogen-bond donors (Lipinski definition) is 1. The smallest absolute Gasteiger partial charge is 0.230 e. The van der Waals surface area contributed by atoms with Gasteiger partial charge in [0.25, 0.3) is 0 Å². The van der Waals surface area contributed by atoms with Gasteiger partial charge in [0.15, 0.2) is 5.13 Å². The van der Waals surface area contributed by atoms with E-state index in [2.05, 4.69) is 10.3 Å². The van der Waals surface area contributed by atoms with Crippen LogP contribution < -0.4 is 10.2 Å². The van der Waals surface area contributed by atoms with Crippen LogP contribution in [0.3, 0.4) is 0 Å². The molecule has 0 spiro atoms. The lowest BCUT2D eigenvalue weighted by Gasteiger charge is -2.17. The topological polar surface area (TPSA) is 58.4 Å². The Bertz CT molecular complexity index is 784. The van der Waals surface area contributed by atoms with Crippen molar-refractivity contribution in [3.63, 3.8) is 0 Å². The van der Waals surface area contributed by atoms with E-state index in [0.29, 0.717) is 11.7 Å². The quantitative estimate of drug-likeness (QED) is 0.727. The molecule has 0 bridgehead atoms. The van der Waals surface area contributed by atoms with Gasteiger partial charge in [-0.05, 0) is 31.2 Å². The third-order valence-electron chi connectivity index (χ3n) is 3.62. The van der Waals surface area contributed by atoms with E-state index < -0.39 is 0 Å². The molecule has 3 aromatic rings. The standard InChI is InChI=1S/C18H19N3O2S/c1-13(17-9-6-10-23-17)19-11-15-12-24-18(20-15)21(14(2)22)16-7-4-3-5-8-16/h3-10,12-13,19H,11H2,1-2H3/t13-/m1/s1. The molecule has 6 heteroatoms. The normalized spacial score (nSPS) is 12.1. The highest BCUT2D eigenvalue weighted by atomic mass is 32.1. The summed E-state index contributed by atoms with van der Waals surface area (Å²) in [4.78, 5) is 18.3. The molecule has 1 aromatic carbocycles. The highest BCUT2D eigenvalue weighted by molar-refractivity contribution is 7.14. The summed E-state index contributed by atoms with van der Waals surface area (Å²) >= 11 is 1.46. The number of thiazole rings is 1. The number of furan rings is 1. The van der Waals surface area contributed by atoms with Crippen molar-refractivity contribution in [3.05, 3.63) is 65.6 Å². The zero-order valence-corrected chi connectivity index (χ0v) is 14.4. The number of carbonyl (C=O) groups excluding carboxylic acids is 1. The van der Waals surface area contributed by atoms with Gasteiger partial charge >= 0.3 is 0 Å². The minimum atomic E-state index is -0.0565. The number of para-hydroxylation sites is 1. The molecule has 1 amide bonds. The fraction of sp³-hybridized carbons (Fsp3) is 0.222. The average molecular weight is 341 g/mol. The molecule has 0 unspecified atom stereocenters. The Morgan fingerprint density at radius 3 is 2.75 bits per heavy atom. The van der Waals surface area contributed by atoms with Gasteiger partial charge in [0.1, 0.15) is 5.76 Å². The van der Waals surface area contributed by atoms with Crippen molar-refractivity contribution in [2.24, 2.45) is 0 Å². The SMILES string of the molecule is CC(=O)N(c1ccccc1)c1nc(CN[C@H](C)c2ccco2)cs1. The highest BCUT2D eigenvalue weighted by Crippen LogP contribution is 2.28. The van der Waals surface area contributed by atoms with E-state index >= 15 is 0 Å². The highest BCUT2D eigenvalue weighted by Gasteiger charge is 2.18. The molecule has 0 radical (unpaired) electrons. The third kappa shape index (κ3) is 3.72. The Balaban J connectivity index is 1.71. The van der Waals surface area contributed by atoms with Gasteiger partial charge in [-0.1, -0.05) is 18.2 Å². The number of aromatic nitrogens is 1. The van der Waals surface area contributed by atoms with E-state index in [1.54, 1.807) is 18.1 Å². The summed E-state index contributed by atoms with van der Waals surface area (Å²) in [5.74, 6) is 0.833. The molecule has 3 rings (SSSR count). The van der Waals surface area contributed by atoms with Crippen molar-refractivity contribution >= 4 is 28.1 Å². The Labute approximate surface area is 144 Å². The number of carbonyl (C=O) groups is 1. The third-order valence-corrected chi connectivity index (χ3v) is 4.49. The number of amides is 1. The van der Waals surface area contributed by atoms with Crippen LogP contribution >= 0.6 is 11.3 Å². The summed E-state index contributed by atoms with van der Waals surface area (Å²) in [6, 6.07) is 13.5. The summed E-state index contributed by atoms with van der Waals surface area (Å²) in [6.07, 6.45) is 1.67. The number of anilines is 2. The van der Waals surface area contributed by atoms with Crippen molar-refractivity contribution in [2.45, 2.75) is 26.4 Å². The van der Waals surface area contributed by atoms with E-state index in [0.717, 1.165) is 17.1 Å². The van der Waals surface area contributed by atoms with Gasteiger partial charge in [-0.2, -0.15) is 0 Å². The van der Waals surface area contributed by atoms with Crippen LogP contribution in [-0.4, -0.2) is 10.9 Å².